The number of aliphatic hydroxyl groups excluding tert-OH is 1. The molecule has 4 nitrogen and oxygen atoms in total. The number of pyridine rings is 1. The SMILES string of the molecule is COc1ccc(NC(=S)/C(=C(\O)c2ccccc2Br)[n+]2cccc(C)c2)cc1. The van der Waals surface area contributed by atoms with Gasteiger partial charge in [0.05, 0.1) is 7.11 Å². The average Bonchev–Trinajstić information content (AvgIpc) is 2.69. The molecule has 142 valence electrons. The molecule has 0 bridgehead atoms. The Kier molecular flexibility index (Phi) is 6.44. The van der Waals surface area contributed by atoms with Crippen molar-refractivity contribution in [2.24, 2.45) is 0 Å². The zero-order chi connectivity index (χ0) is 20.1. The molecule has 1 heterocycles. The van der Waals surface area contributed by atoms with Gasteiger partial charge < -0.3 is 15.2 Å². The zero-order valence-electron chi connectivity index (χ0n) is 15.5. The van der Waals surface area contributed by atoms with Crippen LogP contribution in [0.3, 0.4) is 0 Å². The zero-order valence-corrected chi connectivity index (χ0v) is 17.9. The van der Waals surface area contributed by atoms with Gasteiger partial charge >= 0.3 is 0 Å². The first-order chi connectivity index (χ1) is 13.5. The van der Waals surface area contributed by atoms with Crippen LogP contribution in [0.4, 0.5) is 5.69 Å². The van der Waals surface area contributed by atoms with Gasteiger partial charge in [-0.2, -0.15) is 4.57 Å². The van der Waals surface area contributed by atoms with Crippen LogP contribution in [0.1, 0.15) is 11.1 Å². The number of aryl methyl sites for hydroxylation is 1. The van der Waals surface area contributed by atoms with Gasteiger partial charge in [0, 0.05) is 27.4 Å². The van der Waals surface area contributed by atoms with E-state index in [1.165, 1.54) is 0 Å². The highest BCUT2D eigenvalue weighted by atomic mass is 79.9. The second-order valence-corrected chi connectivity index (χ2v) is 7.41. The highest BCUT2D eigenvalue weighted by Crippen LogP contribution is 2.26. The number of anilines is 1. The van der Waals surface area contributed by atoms with Crippen molar-refractivity contribution in [3.8, 4) is 5.75 Å². The quantitative estimate of drug-likeness (QED) is 0.234. The van der Waals surface area contributed by atoms with Gasteiger partial charge in [-0.25, -0.2) is 0 Å². The molecule has 0 saturated heterocycles. The fourth-order valence-corrected chi connectivity index (χ4v) is 3.52. The van der Waals surface area contributed by atoms with Crippen LogP contribution in [-0.2, 0) is 0 Å². The van der Waals surface area contributed by atoms with E-state index in [0.717, 1.165) is 21.5 Å². The summed E-state index contributed by atoms with van der Waals surface area (Å²) >= 11 is 9.17. The first-order valence-corrected chi connectivity index (χ1v) is 9.81. The van der Waals surface area contributed by atoms with Crippen LogP contribution in [-0.4, -0.2) is 17.2 Å². The van der Waals surface area contributed by atoms with Gasteiger partial charge in [0.25, 0.3) is 5.70 Å². The fraction of sp³-hybridized carbons (Fsp3) is 0.0909. The van der Waals surface area contributed by atoms with Crippen LogP contribution in [0.5, 0.6) is 5.75 Å². The van der Waals surface area contributed by atoms with Gasteiger partial charge in [-0.15, -0.1) is 0 Å². The lowest BCUT2D eigenvalue weighted by atomic mass is 10.1. The molecule has 1 aromatic heterocycles. The average molecular weight is 456 g/mol. The number of nitrogens with zero attached hydrogens (tertiary/aromatic N) is 1. The monoisotopic (exact) mass is 455 g/mol. The highest BCUT2D eigenvalue weighted by molar-refractivity contribution is 9.10. The smallest absolute Gasteiger partial charge is 0.288 e. The molecule has 0 spiro atoms. The Hall–Kier alpha value is -2.70. The number of halogens is 1. The van der Waals surface area contributed by atoms with Crippen molar-refractivity contribution < 1.29 is 14.4 Å². The standard InChI is InChI=1S/C22H19BrN2O2S/c1-15-6-5-13-25(14-15)20(21(26)18-7-3-4-8-19(18)23)22(28)24-16-9-11-17(27-2)12-10-16/h3-14H,1-2H3,(H-,24,26,28)/p+1. The van der Waals surface area contributed by atoms with Crippen LogP contribution in [0, 0.1) is 6.92 Å². The molecule has 0 amide bonds. The molecular formula is C22H20BrN2O2S+. The first-order valence-electron chi connectivity index (χ1n) is 8.61. The molecule has 2 aromatic carbocycles. The van der Waals surface area contributed by atoms with Gasteiger partial charge in [-0.1, -0.05) is 40.3 Å². The molecule has 0 saturated carbocycles. The van der Waals surface area contributed by atoms with E-state index in [1.54, 1.807) is 7.11 Å². The van der Waals surface area contributed by atoms with Gasteiger partial charge in [-0.3, -0.25) is 0 Å². The maximum atomic E-state index is 11.1. The van der Waals surface area contributed by atoms with Crippen molar-refractivity contribution in [1.82, 2.24) is 0 Å². The summed E-state index contributed by atoms with van der Waals surface area (Å²) in [6.07, 6.45) is 3.78. The van der Waals surface area contributed by atoms with Crippen molar-refractivity contribution in [1.29, 1.82) is 0 Å². The van der Waals surface area contributed by atoms with Crippen LogP contribution in [0.2, 0.25) is 0 Å². The van der Waals surface area contributed by atoms with Gasteiger partial charge in [0.1, 0.15) is 5.75 Å². The number of methoxy groups -OCH3 is 1. The summed E-state index contributed by atoms with van der Waals surface area (Å²) in [7, 11) is 1.62. The molecule has 3 rings (SSSR count). The Bertz CT molecular complexity index is 1030. The number of nitrogens with one attached hydrogen (secondary N) is 1. The van der Waals surface area contributed by atoms with E-state index in [-0.39, 0.29) is 5.76 Å². The van der Waals surface area contributed by atoms with Gasteiger partial charge in [0.2, 0.25) is 0 Å². The minimum absolute atomic E-state index is 0.0779. The maximum Gasteiger partial charge on any atom is 0.288 e. The summed E-state index contributed by atoms with van der Waals surface area (Å²) in [4.78, 5) is 0.397. The molecule has 0 aliphatic heterocycles. The van der Waals surface area contributed by atoms with E-state index in [0.29, 0.717) is 16.2 Å². The normalized spacial score (nSPS) is 11.5. The lowest BCUT2D eigenvalue weighted by Crippen LogP contribution is -2.38. The van der Waals surface area contributed by atoms with E-state index in [1.807, 2.05) is 84.5 Å². The first kappa shape index (κ1) is 20.0. The summed E-state index contributed by atoms with van der Waals surface area (Å²) in [5.74, 6) is 0.838. The van der Waals surface area contributed by atoms with E-state index >= 15 is 0 Å². The molecule has 0 fully saturated rings. The number of rotatable bonds is 5. The summed E-state index contributed by atoms with van der Waals surface area (Å²) in [6.45, 7) is 1.99. The number of hydrogen-bond acceptors (Lipinski definition) is 3. The Morgan fingerprint density at radius 2 is 1.79 bits per heavy atom. The van der Waals surface area contributed by atoms with E-state index in [9.17, 15) is 5.11 Å². The minimum Gasteiger partial charge on any atom is -0.502 e. The van der Waals surface area contributed by atoms with Gasteiger partial charge in [0.15, 0.2) is 23.1 Å². The van der Waals surface area contributed by atoms with Gasteiger partial charge in [-0.05, 0) is 49.4 Å². The molecule has 0 aliphatic carbocycles. The molecular weight excluding hydrogens is 436 g/mol. The molecule has 6 heteroatoms. The van der Waals surface area contributed by atoms with Crippen LogP contribution < -0.4 is 14.6 Å². The van der Waals surface area contributed by atoms with E-state index < -0.39 is 0 Å². The molecule has 0 unspecified atom stereocenters. The molecule has 28 heavy (non-hydrogen) atoms. The van der Waals surface area contributed by atoms with Crippen molar-refractivity contribution >= 4 is 50.3 Å². The summed E-state index contributed by atoms with van der Waals surface area (Å²) < 4.78 is 7.80. The number of aliphatic hydroxyl groups is 1. The third kappa shape index (κ3) is 4.58. The Morgan fingerprint density at radius 3 is 2.43 bits per heavy atom. The Labute approximate surface area is 178 Å². The number of hydrogen-bond donors (Lipinski definition) is 2. The maximum absolute atomic E-state index is 11.1. The molecule has 0 radical (unpaired) electrons. The Balaban J connectivity index is 2.06. The molecule has 0 aliphatic rings. The van der Waals surface area contributed by atoms with E-state index in [4.69, 9.17) is 17.0 Å². The number of ether oxygens (including phenoxy) is 1. The second-order valence-electron chi connectivity index (χ2n) is 6.15. The predicted molar refractivity (Wildman–Crippen MR) is 120 cm³/mol. The van der Waals surface area contributed by atoms with Crippen LogP contribution in [0.15, 0.2) is 77.5 Å². The third-order valence-corrected chi connectivity index (χ3v) is 5.11. The van der Waals surface area contributed by atoms with Crippen molar-refractivity contribution in [2.45, 2.75) is 6.92 Å². The molecule has 2 N–H and O–H groups in total. The number of benzene rings is 2. The highest BCUT2D eigenvalue weighted by Gasteiger charge is 2.25. The summed E-state index contributed by atoms with van der Waals surface area (Å²) in [6, 6.07) is 18.8. The third-order valence-electron chi connectivity index (χ3n) is 4.12. The van der Waals surface area contributed by atoms with Crippen molar-refractivity contribution in [3.63, 3.8) is 0 Å². The lowest BCUT2D eigenvalue weighted by molar-refractivity contribution is -0.576. The lowest BCUT2D eigenvalue weighted by Gasteiger charge is -2.11. The van der Waals surface area contributed by atoms with Crippen molar-refractivity contribution in [3.05, 3.63) is 88.7 Å². The van der Waals surface area contributed by atoms with E-state index in [2.05, 4.69) is 21.2 Å². The van der Waals surface area contributed by atoms with Crippen molar-refractivity contribution in [2.75, 3.05) is 12.4 Å². The molecule has 3 aromatic rings. The minimum atomic E-state index is 0.0779. The number of thiocarbonyl (C=S) groups is 1. The topological polar surface area (TPSA) is 45.4 Å². The number of aromatic nitrogens is 1. The fourth-order valence-electron chi connectivity index (χ4n) is 2.72. The second kappa shape index (κ2) is 8.99. The summed E-state index contributed by atoms with van der Waals surface area (Å²) in [5.41, 5.74) is 3.00. The molecule has 0 atom stereocenters. The predicted octanol–water partition coefficient (Wildman–Crippen LogP) is 5.38. The van der Waals surface area contributed by atoms with Crippen LogP contribution >= 0.6 is 28.1 Å². The Morgan fingerprint density at radius 1 is 1.07 bits per heavy atom. The largest absolute Gasteiger partial charge is 0.502 e. The summed E-state index contributed by atoms with van der Waals surface area (Å²) in [5, 5.41) is 14.3. The van der Waals surface area contributed by atoms with Crippen LogP contribution in [0.25, 0.3) is 11.5 Å².